The Labute approximate surface area is 296 Å². The van der Waals surface area contributed by atoms with E-state index in [4.69, 9.17) is 36.6 Å². The lowest BCUT2D eigenvalue weighted by atomic mass is 9.95. The summed E-state index contributed by atoms with van der Waals surface area (Å²) in [6.07, 6.45) is 12.0. The molecule has 1 amide bonds. The van der Waals surface area contributed by atoms with Gasteiger partial charge < -0.3 is 29.7 Å². The zero-order chi connectivity index (χ0) is 35.9. The number of benzene rings is 2. The summed E-state index contributed by atoms with van der Waals surface area (Å²) >= 11 is 0. The standard InChI is InChI=1S/C34H34F2N6O2.C4H9NO2/c1-2-23-25(35)8-6-20-16-21(37)17-24(27(20)23)30-29(36)31-28-26(38-30)9-7-22-18-43-15-5-14-42(22)32(28)40-33(39-31)44-19-34-10-3-12-41(34)13-4-11-34;1-5(2)4(6)7-3/h1,6,8,16-17,22H,3-5,7,9-15,18-19,37H2;1-3H3. The maximum Gasteiger partial charge on any atom is 0.408 e. The van der Waals surface area contributed by atoms with Crippen LogP contribution in [0.4, 0.5) is 25.1 Å². The van der Waals surface area contributed by atoms with Crippen LogP contribution in [0.5, 0.6) is 6.01 Å². The maximum atomic E-state index is 17.0. The fraction of sp³-hybridized carbons (Fsp3) is 0.474. The van der Waals surface area contributed by atoms with Gasteiger partial charge in [-0.25, -0.2) is 18.6 Å². The molecular weight excluding hydrogens is 656 g/mol. The number of carbonyl (C=O) groups is 1. The van der Waals surface area contributed by atoms with Gasteiger partial charge in [-0.2, -0.15) is 9.97 Å². The highest BCUT2D eigenvalue weighted by Gasteiger charge is 2.45. The SMILES string of the molecule is C#Cc1c(F)ccc2cc(N)cc(-c3nc4c5c(nc(OCC67CCCN6CCC7)nc5c3F)N3CCCOCC3CC4)c12.COC(=O)N(C)C. The van der Waals surface area contributed by atoms with E-state index in [1.54, 1.807) is 32.3 Å². The molecule has 0 radical (unpaired) electrons. The van der Waals surface area contributed by atoms with Crippen molar-refractivity contribution in [1.29, 1.82) is 0 Å². The molecule has 2 aromatic heterocycles. The number of fused-ring (bicyclic) bond motifs is 4. The number of ether oxygens (including phenoxy) is 3. The Hall–Kier alpha value is -4.80. The summed E-state index contributed by atoms with van der Waals surface area (Å²) in [5.41, 5.74) is 7.87. The molecule has 3 fully saturated rings. The first kappa shape index (κ1) is 34.6. The van der Waals surface area contributed by atoms with Crippen molar-refractivity contribution in [3.05, 3.63) is 47.2 Å². The predicted molar refractivity (Wildman–Crippen MR) is 192 cm³/mol. The smallest absolute Gasteiger partial charge is 0.408 e. The molecule has 11 nitrogen and oxygen atoms in total. The molecule has 0 bridgehead atoms. The van der Waals surface area contributed by atoms with Gasteiger partial charge in [0.25, 0.3) is 0 Å². The summed E-state index contributed by atoms with van der Waals surface area (Å²) in [5, 5.41) is 1.58. The van der Waals surface area contributed by atoms with Gasteiger partial charge in [0.1, 0.15) is 29.5 Å². The quantitative estimate of drug-likeness (QED) is 0.215. The number of methoxy groups -OCH3 is 1. The second-order valence-electron chi connectivity index (χ2n) is 13.9. The van der Waals surface area contributed by atoms with Crippen molar-refractivity contribution in [3.8, 4) is 29.6 Å². The minimum absolute atomic E-state index is 0.0191. The van der Waals surface area contributed by atoms with Gasteiger partial charge >= 0.3 is 12.1 Å². The first-order valence-electron chi connectivity index (χ1n) is 17.5. The number of carbonyl (C=O) groups excluding carboxylic acids is 1. The predicted octanol–water partition coefficient (Wildman–Crippen LogP) is 5.55. The van der Waals surface area contributed by atoms with Gasteiger partial charge in [0.05, 0.1) is 41.9 Å². The van der Waals surface area contributed by atoms with Gasteiger partial charge in [0.15, 0.2) is 5.82 Å². The minimum atomic E-state index is -0.637. The molecule has 1 atom stereocenters. The zero-order valence-electron chi connectivity index (χ0n) is 29.3. The van der Waals surface area contributed by atoms with Crippen LogP contribution < -0.4 is 15.4 Å². The number of hydrogen-bond donors (Lipinski definition) is 1. The molecule has 0 spiro atoms. The number of aromatic nitrogens is 3. The molecule has 0 aliphatic carbocycles. The summed E-state index contributed by atoms with van der Waals surface area (Å²) in [6.45, 7) is 4.54. The molecule has 4 aliphatic heterocycles. The molecule has 2 aromatic carbocycles. The van der Waals surface area contributed by atoms with Crippen LogP contribution in [0, 0.1) is 24.0 Å². The Morgan fingerprint density at radius 3 is 2.61 bits per heavy atom. The van der Waals surface area contributed by atoms with Crippen molar-refractivity contribution in [2.75, 3.05) is 71.3 Å². The van der Waals surface area contributed by atoms with Gasteiger partial charge in [0.2, 0.25) is 0 Å². The number of nitrogen functional groups attached to an aromatic ring is 1. The second-order valence-corrected chi connectivity index (χ2v) is 13.9. The number of anilines is 2. The molecule has 2 N–H and O–H groups in total. The Morgan fingerprint density at radius 1 is 1.12 bits per heavy atom. The van der Waals surface area contributed by atoms with Crippen molar-refractivity contribution in [1.82, 2.24) is 24.8 Å². The van der Waals surface area contributed by atoms with Crippen LogP contribution >= 0.6 is 0 Å². The molecule has 268 valence electrons. The van der Waals surface area contributed by atoms with Crippen LogP contribution in [0.15, 0.2) is 24.3 Å². The van der Waals surface area contributed by atoms with E-state index in [1.165, 1.54) is 18.1 Å². The van der Waals surface area contributed by atoms with Crippen molar-refractivity contribution in [3.63, 3.8) is 0 Å². The lowest BCUT2D eigenvalue weighted by molar-refractivity contribution is 0.108. The number of amides is 1. The normalized spacial score (nSPS) is 19.3. The van der Waals surface area contributed by atoms with E-state index in [-0.39, 0.29) is 40.5 Å². The highest BCUT2D eigenvalue weighted by atomic mass is 19.1. The number of aryl methyl sites for hydroxylation is 1. The summed E-state index contributed by atoms with van der Waals surface area (Å²) in [7, 11) is 4.61. The molecule has 13 heteroatoms. The van der Waals surface area contributed by atoms with Crippen LogP contribution in [0.1, 0.15) is 49.8 Å². The second kappa shape index (κ2) is 14.1. The Morgan fingerprint density at radius 2 is 1.90 bits per heavy atom. The van der Waals surface area contributed by atoms with Gasteiger partial charge in [0, 0.05) is 43.9 Å². The van der Waals surface area contributed by atoms with E-state index in [0.29, 0.717) is 65.2 Å². The molecule has 0 saturated carbocycles. The number of terminal acetylenes is 1. The number of nitrogens with two attached hydrogens (primary N) is 1. The lowest BCUT2D eigenvalue weighted by Gasteiger charge is -2.32. The number of hydrogen-bond acceptors (Lipinski definition) is 10. The first-order valence-corrected chi connectivity index (χ1v) is 17.5. The van der Waals surface area contributed by atoms with Crippen LogP contribution in [0.3, 0.4) is 0 Å². The van der Waals surface area contributed by atoms with Crippen molar-refractivity contribution < 1.29 is 27.8 Å². The number of pyridine rings is 1. The van der Waals surface area contributed by atoms with Crippen LogP contribution in [-0.4, -0.2) is 103 Å². The van der Waals surface area contributed by atoms with Crippen molar-refractivity contribution >= 4 is 39.3 Å². The first-order chi connectivity index (χ1) is 24.6. The van der Waals surface area contributed by atoms with Crippen molar-refractivity contribution in [2.45, 2.75) is 56.5 Å². The van der Waals surface area contributed by atoms with E-state index in [9.17, 15) is 9.18 Å². The number of halogens is 2. The summed E-state index contributed by atoms with van der Waals surface area (Å²) < 4.78 is 48.6. The Bertz CT molecular complexity index is 2020. The van der Waals surface area contributed by atoms with Crippen LogP contribution in [0.2, 0.25) is 0 Å². The average Bonchev–Trinajstić information content (AvgIpc) is 3.57. The highest BCUT2D eigenvalue weighted by molar-refractivity contribution is 6.04. The molecular formula is C38H43F2N7O4. The van der Waals surface area contributed by atoms with E-state index in [2.05, 4.69) is 20.5 Å². The largest absolute Gasteiger partial charge is 0.461 e. The monoisotopic (exact) mass is 699 g/mol. The summed E-state index contributed by atoms with van der Waals surface area (Å²) in [4.78, 5) is 30.9. The highest BCUT2D eigenvalue weighted by Crippen LogP contribution is 2.43. The Balaban J connectivity index is 0.000000529. The van der Waals surface area contributed by atoms with Crippen LogP contribution in [-0.2, 0) is 15.9 Å². The molecule has 6 heterocycles. The topological polar surface area (TPSA) is 119 Å². The summed E-state index contributed by atoms with van der Waals surface area (Å²) in [6, 6.07) is 6.42. The van der Waals surface area contributed by atoms with E-state index in [0.717, 1.165) is 58.2 Å². The lowest BCUT2D eigenvalue weighted by Crippen LogP contribution is -2.43. The molecule has 51 heavy (non-hydrogen) atoms. The fourth-order valence-corrected chi connectivity index (χ4v) is 8.12. The van der Waals surface area contributed by atoms with Gasteiger partial charge in [-0.05, 0) is 81.6 Å². The average molecular weight is 700 g/mol. The third-order valence-electron chi connectivity index (χ3n) is 10.6. The molecule has 4 aliphatic rings. The minimum Gasteiger partial charge on any atom is -0.461 e. The van der Waals surface area contributed by atoms with Crippen LogP contribution in [0.25, 0.3) is 32.9 Å². The third-order valence-corrected chi connectivity index (χ3v) is 10.6. The van der Waals surface area contributed by atoms with Crippen molar-refractivity contribution in [2.24, 2.45) is 0 Å². The van der Waals surface area contributed by atoms with E-state index < -0.39 is 11.6 Å². The maximum absolute atomic E-state index is 17.0. The van der Waals surface area contributed by atoms with E-state index >= 15 is 4.39 Å². The third kappa shape index (κ3) is 6.36. The summed E-state index contributed by atoms with van der Waals surface area (Å²) in [5.74, 6) is 1.89. The van der Waals surface area contributed by atoms with Gasteiger partial charge in [-0.3, -0.25) is 4.90 Å². The number of rotatable bonds is 4. The zero-order valence-corrected chi connectivity index (χ0v) is 29.3. The molecule has 3 saturated heterocycles. The fourth-order valence-electron chi connectivity index (χ4n) is 8.12. The van der Waals surface area contributed by atoms with E-state index in [1.807, 2.05) is 0 Å². The Kier molecular flexibility index (Phi) is 9.56. The van der Waals surface area contributed by atoms with Gasteiger partial charge in [-0.1, -0.05) is 12.0 Å². The molecule has 1 unspecified atom stereocenters. The van der Waals surface area contributed by atoms with Gasteiger partial charge in [-0.15, -0.1) is 6.42 Å². The number of nitrogens with zero attached hydrogens (tertiary/aromatic N) is 6. The molecule has 4 aromatic rings. The molecule has 8 rings (SSSR count).